The summed E-state index contributed by atoms with van der Waals surface area (Å²) in [5, 5.41) is 2.77. The van der Waals surface area contributed by atoms with Crippen LogP contribution in [-0.4, -0.2) is 15.9 Å². The third-order valence-corrected chi connectivity index (χ3v) is 3.00. The summed E-state index contributed by atoms with van der Waals surface area (Å²) in [5.74, 6) is -0.219. The SMILES string of the molecule is Cc1cc(N)c(C(=O)NCc2cncs2)cn1. The van der Waals surface area contributed by atoms with Gasteiger partial charge in [-0.15, -0.1) is 11.3 Å². The van der Waals surface area contributed by atoms with Crippen LogP contribution in [-0.2, 0) is 6.54 Å². The smallest absolute Gasteiger partial charge is 0.255 e. The standard InChI is InChI=1S/C11H12N4OS/c1-7-2-10(12)9(5-14-7)11(16)15-4-8-3-13-6-17-8/h2-3,5-6H,4H2,1H3,(H2,12,14)(H,15,16). The van der Waals surface area contributed by atoms with Crippen LogP contribution in [0.25, 0.3) is 0 Å². The number of rotatable bonds is 3. The maximum atomic E-state index is 11.8. The van der Waals surface area contributed by atoms with Gasteiger partial charge in [0.1, 0.15) is 0 Å². The normalized spacial score (nSPS) is 10.2. The van der Waals surface area contributed by atoms with Crippen LogP contribution in [0.3, 0.4) is 0 Å². The Morgan fingerprint density at radius 2 is 2.35 bits per heavy atom. The number of nitrogens with zero attached hydrogens (tertiary/aromatic N) is 2. The van der Waals surface area contributed by atoms with Gasteiger partial charge in [0, 0.05) is 28.7 Å². The molecule has 2 rings (SSSR count). The minimum atomic E-state index is -0.219. The molecule has 6 heteroatoms. The van der Waals surface area contributed by atoms with Crippen molar-refractivity contribution >= 4 is 22.9 Å². The molecule has 0 spiro atoms. The van der Waals surface area contributed by atoms with Gasteiger partial charge in [-0.2, -0.15) is 0 Å². The zero-order valence-corrected chi connectivity index (χ0v) is 10.1. The van der Waals surface area contributed by atoms with Gasteiger partial charge in [-0.05, 0) is 13.0 Å². The van der Waals surface area contributed by atoms with Gasteiger partial charge >= 0.3 is 0 Å². The van der Waals surface area contributed by atoms with E-state index in [2.05, 4.69) is 15.3 Å². The van der Waals surface area contributed by atoms with E-state index in [1.807, 2.05) is 6.92 Å². The molecule has 2 heterocycles. The summed E-state index contributed by atoms with van der Waals surface area (Å²) in [6.07, 6.45) is 3.22. The van der Waals surface area contributed by atoms with Gasteiger partial charge in [0.05, 0.1) is 17.6 Å². The number of hydrogen-bond donors (Lipinski definition) is 2. The Morgan fingerprint density at radius 1 is 1.53 bits per heavy atom. The van der Waals surface area contributed by atoms with Crippen molar-refractivity contribution in [3.05, 3.63) is 40.1 Å². The summed E-state index contributed by atoms with van der Waals surface area (Å²) in [7, 11) is 0. The van der Waals surface area contributed by atoms with E-state index in [1.54, 1.807) is 17.8 Å². The van der Waals surface area contributed by atoms with E-state index >= 15 is 0 Å². The topological polar surface area (TPSA) is 80.9 Å². The first kappa shape index (κ1) is 11.5. The van der Waals surface area contributed by atoms with Gasteiger partial charge in [-0.25, -0.2) is 0 Å². The van der Waals surface area contributed by atoms with Crippen molar-refractivity contribution in [3.8, 4) is 0 Å². The van der Waals surface area contributed by atoms with Crippen molar-refractivity contribution in [2.45, 2.75) is 13.5 Å². The van der Waals surface area contributed by atoms with Crippen molar-refractivity contribution < 1.29 is 4.79 Å². The molecular formula is C11H12N4OS. The summed E-state index contributed by atoms with van der Waals surface area (Å²) in [4.78, 5) is 20.8. The van der Waals surface area contributed by atoms with E-state index in [9.17, 15) is 4.79 Å². The van der Waals surface area contributed by atoms with Gasteiger partial charge in [0.15, 0.2) is 0 Å². The molecule has 2 aromatic rings. The number of aryl methyl sites for hydroxylation is 1. The number of carbonyl (C=O) groups excluding carboxylic acids is 1. The average Bonchev–Trinajstić information content (AvgIpc) is 2.78. The van der Waals surface area contributed by atoms with Crippen LogP contribution in [0.1, 0.15) is 20.9 Å². The molecule has 0 aliphatic carbocycles. The molecule has 0 aromatic carbocycles. The highest BCUT2D eigenvalue weighted by molar-refractivity contribution is 7.09. The molecule has 17 heavy (non-hydrogen) atoms. The summed E-state index contributed by atoms with van der Waals surface area (Å²) in [6.45, 7) is 2.28. The van der Waals surface area contributed by atoms with E-state index in [0.29, 0.717) is 17.8 Å². The monoisotopic (exact) mass is 248 g/mol. The second-order valence-electron chi connectivity index (χ2n) is 3.56. The Kier molecular flexibility index (Phi) is 3.34. The lowest BCUT2D eigenvalue weighted by Gasteiger charge is -2.06. The molecule has 0 aliphatic rings. The predicted octanol–water partition coefficient (Wildman–Crippen LogP) is 1.36. The Balaban J connectivity index is 2.04. The van der Waals surface area contributed by atoms with Crippen LogP contribution in [0, 0.1) is 6.92 Å². The summed E-state index contributed by atoms with van der Waals surface area (Å²) in [6, 6.07) is 1.68. The van der Waals surface area contributed by atoms with Crippen molar-refractivity contribution in [1.82, 2.24) is 15.3 Å². The molecule has 0 atom stereocenters. The van der Waals surface area contributed by atoms with Gasteiger partial charge in [-0.3, -0.25) is 14.8 Å². The molecule has 2 aromatic heterocycles. The highest BCUT2D eigenvalue weighted by Crippen LogP contribution is 2.12. The Labute approximate surface area is 103 Å². The molecule has 0 fully saturated rings. The first-order valence-corrected chi connectivity index (χ1v) is 5.92. The van der Waals surface area contributed by atoms with Crippen molar-refractivity contribution in [1.29, 1.82) is 0 Å². The van der Waals surface area contributed by atoms with Gasteiger partial charge in [0.25, 0.3) is 5.91 Å². The summed E-state index contributed by atoms with van der Waals surface area (Å²) < 4.78 is 0. The second kappa shape index (κ2) is 4.92. The lowest BCUT2D eigenvalue weighted by molar-refractivity contribution is 0.0952. The second-order valence-corrected chi connectivity index (χ2v) is 4.53. The highest BCUT2D eigenvalue weighted by atomic mass is 32.1. The fraction of sp³-hybridized carbons (Fsp3) is 0.182. The molecule has 0 bridgehead atoms. The number of aromatic nitrogens is 2. The van der Waals surface area contributed by atoms with Gasteiger partial charge < -0.3 is 11.1 Å². The fourth-order valence-electron chi connectivity index (χ4n) is 1.36. The zero-order valence-electron chi connectivity index (χ0n) is 9.30. The number of pyridine rings is 1. The minimum absolute atomic E-state index is 0.219. The van der Waals surface area contributed by atoms with Gasteiger partial charge in [-0.1, -0.05) is 0 Å². The van der Waals surface area contributed by atoms with E-state index in [-0.39, 0.29) is 5.91 Å². The van der Waals surface area contributed by atoms with E-state index in [1.165, 1.54) is 17.5 Å². The van der Waals surface area contributed by atoms with Crippen LogP contribution < -0.4 is 11.1 Å². The molecule has 0 unspecified atom stereocenters. The summed E-state index contributed by atoms with van der Waals surface area (Å²) in [5.41, 5.74) is 9.13. The fourth-order valence-corrected chi connectivity index (χ4v) is 1.90. The number of carbonyl (C=O) groups is 1. The zero-order chi connectivity index (χ0) is 12.3. The molecule has 88 valence electrons. The van der Waals surface area contributed by atoms with E-state index in [0.717, 1.165) is 10.6 Å². The van der Waals surface area contributed by atoms with Crippen LogP contribution in [0.2, 0.25) is 0 Å². The maximum absolute atomic E-state index is 11.8. The number of thiazole rings is 1. The minimum Gasteiger partial charge on any atom is -0.398 e. The van der Waals surface area contributed by atoms with Crippen LogP contribution >= 0.6 is 11.3 Å². The summed E-state index contributed by atoms with van der Waals surface area (Å²) >= 11 is 1.49. The first-order valence-electron chi connectivity index (χ1n) is 5.04. The number of amides is 1. The molecule has 0 aliphatic heterocycles. The lowest BCUT2D eigenvalue weighted by atomic mass is 10.2. The number of nitrogens with one attached hydrogen (secondary N) is 1. The Morgan fingerprint density at radius 3 is 3.00 bits per heavy atom. The molecule has 0 radical (unpaired) electrons. The third-order valence-electron chi connectivity index (χ3n) is 2.22. The number of nitrogen functional groups attached to an aromatic ring is 1. The number of hydrogen-bond acceptors (Lipinski definition) is 5. The first-order chi connectivity index (χ1) is 8.16. The molecule has 5 nitrogen and oxygen atoms in total. The lowest BCUT2D eigenvalue weighted by Crippen LogP contribution is -2.23. The van der Waals surface area contributed by atoms with Crippen LogP contribution in [0.4, 0.5) is 5.69 Å². The van der Waals surface area contributed by atoms with E-state index in [4.69, 9.17) is 5.73 Å². The van der Waals surface area contributed by atoms with E-state index < -0.39 is 0 Å². The molecule has 0 saturated heterocycles. The van der Waals surface area contributed by atoms with Crippen molar-refractivity contribution in [2.24, 2.45) is 0 Å². The number of nitrogens with two attached hydrogens (primary N) is 1. The van der Waals surface area contributed by atoms with Crippen LogP contribution in [0.15, 0.2) is 24.0 Å². The Hall–Kier alpha value is -1.95. The van der Waals surface area contributed by atoms with Crippen LogP contribution in [0.5, 0.6) is 0 Å². The quantitative estimate of drug-likeness (QED) is 0.859. The molecule has 0 saturated carbocycles. The Bertz CT molecular complexity index is 524. The molecular weight excluding hydrogens is 236 g/mol. The largest absolute Gasteiger partial charge is 0.398 e. The van der Waals surface area contributed by atoms with Crippen molar-refractivity contribution in [2.75, 3.05) is 5.73 Å². The van der Waals surface area contributed by atoms with Gasteiger partial charge in [0.2, 0.25) is 0 Å². The maximum Gasteiger partial charge on any atom is 0.255 e. The molecule has 1 amide bonds. The highest BCUT2D eigenvalue weighted by Gasteiger charge is 2.10. The third kappa shape index (κ3) is 2.79. The van der Waals surface area contributed by atoms with Crippen molar-refractivity contribution in [3.63, 3.8) is 0 Å². The molecule has 3 N–H and O–H groups in total. The number of anilines is 1. The average molecular weight is 248 g/mol. The predicted molar refractivity (Wildman–Crippen MR) is 66.7 cm³/mol.